The molecular formula is C19H23NO3S. The van der Waals surface area contributed by atoms with E-state index < -0.39 is 15.7 Å². The molecular weight excluding hydrogens is 322 g/mol. The van der Waals surface area contributed by atoms with Crippen molar-refractivity contribution in [3.63, 3.8) is 0 Å². The van der Waals surface area contributed by atoms with Crippen LogP contribution in [0.1, 0.15) is 41.8 Å². The van der Waals surface area contributed by atoms with E-state index in [-0.39, 0.29) is 16.2 Å². The number of sulfone groups is 1. The Balaban J connectivity index is 2.43. The van der Waals surface area contributed by atoms with Crippen LogP contribution in [-0.4, -0.2) is 20.1 Å². The predicted molar refractivity (Wildman–Crippen MR) is 97.3 cm³/mol. The first-order chi connectivity index (χ1) is 11.4. The maximum atomic E-state index is 12.7. The fourth-order valence-electron chi connectivity index (χ4n) is 2.69. The first-order valence-corrected chi connectivity index (χ1v) is 9.77. The van der Waals surface area contributed by atoms with Gasteiger partial charge in [-0.15, -0.1) is 0 Å². The van der Waals surface area contributed by atoms with E-state index in [1.54, 1.807) is 25.1 Å². The lowest BCUT2D eigenvalue weighted by Gasteiger charge is -2.15. The molecule has 2 aromatic rings. The Labute approximate surface area is 143 Å². The summed E-state index contributed by atoms with van der Waals surface area (Å²) in [6.45, 7) is 5.75. The van der Waals surface area contributed by atoms with Crippen molar-refractivity contribution in [1.29, 1.82) is 0 Å². The van der Waals surface area contributed by atoms with Gasteiger partial charge in [-0.3, -0.25) is 4.79 Å². The van der Waals surface area contributed by atoms with Crippen molar-refractivity contribution in [1.82, 2.24) is 0 Å². The molecule has 0 atom stereocenters. The third-order valence-corrected chi connectivity index (χ3v) is 5.89. The van der Waals surface area contributed by atoms with E-state index in [1.165, 1.54) is 6.07 Å². The molecule has 0 radical (unpaired) electrons. The van der Waals surface area contributed by atoms with Crippen LogP contribution in [0, 0.1) is 6.92 Å². The molecule has 0 bridgehead atoms. The highest BCUT2D eigenvalue weighted by Gasteiger charge is 2.22. The van der Waals surface area contributed by atoms with Gasteiger partial charge in [0.25, 0.3) is 5.91 Å². The Bertz CT molecular complexity index is 841. The Morgan fingerprint density at radius 3 is 2.42 bits per heavy atom. The second-order valence-electron chi connectivity index (χ2n) is 5.73. The lowest BCUT2D eigenvalue weighted by atomic mass is 10.1. The second kappa shape index (κ2) is 7.62. The highest BCUT2D eigenvalue weighted by Crippen LogP contribution is 2.24. The number of nitrogens with one attached hydrogen (secondary N) is 1. The van der Waals surface area contributed by atoms with Crippen LogP contribution in [-0.2, 0) is 16.3 Å². The summed E-state index contributed by atoms with van der Waals surface area (Å²) >= 11 is 0. The monoisotopic (exact) mass is 345 g/mol. The van der Waals surface area contributed by atoms with Gasteiger partial charge in [0, 0.05) is 5.69 Å². The zero-order valence-corrected chi connectivity index (χ0v) is 15.1. The van der Waals surface area contributed by atoms with E-state index in [1.807, 2.05) is 32.0 Å². The molecule has 0 aromatic heterocycles. The molecule has 4 nitrogen and oxygen atoms in total. The summed E-state index contributed by atoms with van der Waals surface area (Å²) in [4.78, 5) is 12.8. The smallest absolute Gasteiger partial charge is 0.257 e. The van der Waals surface area contributed by atoms with Crippen LogP contribution in [0.3, 0.4) is 0 Å². The first kappa shape index (κ1) is 18.2. The molecule has 0 fully saturated rings. The van der Waals surface area contributed by atoms with Crippen LogP contribution in [0.4, 0.5) is 5.69 Å². The molecule has 0 aliphatic rings. The average Bonchev–Trinajstić information content (AvgIpc) is 2.56. The molecule has 1 N–H and O–H groups in total. The molecule has 0 saturated heterocycles. The number of hydrogen-bond acceptors (Lipinski definition) is 3. The minimum Gasteiger partial charge on any atom is -0.321 e. The molecule has 24 heavy (non-hydrogen) atoms. The fraction of sp³-hybridized carbons (Fsp3) is 0.316. The lowest BCUT2D eigenvalue weighted by molar-refractivity contribution is 0.102. The third-order valence-electron chi connectivity index (χ3n) is 3.92. The van der Waals surface area contributed by atoms with E-state index in [0.29, 0.717) is 6.42 Å². The van der Waals surface area contributed by atoms with Crippen LogP contribution in [0.2, 0.25) is 0 Å². The quantitative estimate of drug-likeness (QED) is 0.861. The predicted octanol–water partition coefficient (Wildman–Crippen LogP) is 3.99. The number of para-hydroxylation sites is 1. The zero-order chi connectivity index (χ0) is 17.7. The number of rotatable bonds is 6. The topological polar surface area (TPSA) is 63.2 Å². The van der Waals surface area contributed by atoms with Gasteiger partial charge in [-0.25, -0.2) is 8.42 Å². The molecule has 0 spiro atoms. The van der Waals surface area contributed by atoms with Gasteiger partial charge < -0.3 is 5.32 Å². The minimum atomic E-state index is -3.46. The lowest BCUT2D eigenvalue weighted by Crippen LogP contribution is -2.19. The van der Waals surface area contributed by atoms with E-state index in [2.05, 4.69) is 5.32 Å². The molecule has 2 aromatic carbocycles. The molecule has 1 amide bonds. The van der Waals surface area contributed by atoms with Crippen molar-refractivity contribution < 1.29 is 13.2 Å². The van der Waals surface area contributed by atoms with Gasteiger partial charge in [-0.2, -0.15) is 0 Å². The molecule has 2 rings (SSSR count). The summed E-state index contributed by atoms with van der Waals surface area (Å²) in [6, 6.07) is 12.2. The third kappa shape index (κ3) is 3.85. The number of aryl methyl sites for hydroxylation is 2. The highest BCUT2D eigenvalue weighted by atomic mass is 32.2. The van der Waals surface area contributed by atoms with Crippen molar-refractivity contribution in [3.05, 3.63) is 59.2 Å². The Kier molecular flexibility index (Phi) is 5.78. The second-order valence-corrected chi connectivity index (χ2v) is 7.81. The van der Waals surface area contributed by atoms with Crippen molar-refractivity contribution in [2.45, 2.75) is 38.5 Å². The SMILES string of the molecule is CCCS(=O)(=O)c1ccccc1C(=O)Nc1c(C)cccc1CC. The summed E-state index contributed by atoms with van der Waals surface area (Å²) in [5, 5.41) is 2.90. The summed E-state index contributed by atoms with van der Waals surface area (Å²) in [6.07, 6.45) is 1.29. The van der Waals surface area contributed by atoms with Crippen molar-refractivity contribution in [2.75, 3.05) is 11.1 Å². The number of benzene rings is 2. The number of amides is 1. The van der Waals surface area contributed by atoms with Crippen LogP contribution >= 0.6 is 0 Å². The summed E-state index contributed by atoms with van der Waals surface area (Å²) in [5.41, 5.74) is 2.93. The van der Waals surface area contributed by atoms with Crippen LogP contribution in [0.15, 0.2) is 47.4 Å². The minimum absolute atomic E-state index is 0.0296. The molecule has 128 valence electrons. The number of carbonyl (C=O) groups excluding carboxylic acids is 1. The van der Waals surface area contributed by atoms with Gasteiger partial charge in [0.2, 0.25) is 0 Å². The first-order valence-electron chi connectivity index (χ1n) is 8.12. The fourth-order valence-corrected chi connectivity index (χ4v) is 4.23. The van der Waals surface area contributed by atoms with Gasteiger partial charge in [0.15, 0.2) is 9.84 Å². The maximum absolute atomic E-state index is 12.7. The van der Waals surface area contributed by atoms with Gasteiger partial charge in [-0.1, -0.05) is 44.2 Å². The molecule has 0 unspecified atom stereocenters. The summed E-state index contributed by atoms with van der Waals surface area (Å²) in [7, 11) is -3.46. The largest absolute Gasteiger partial charge is 0.321 e. The Hall–Kier alpha value is -2.14. The highest BCUT2D eigenvalue weighted by molar-refractivity contribution is 7.91. The van der Waals surface area contributed by atoms with E-state index >= 15 is 0 Å². The van der Waals surface area contributed by atoms with Crippen molar-refractivity contribution in [2.24, 2.45) is 0 Å². The Morgan fingerprint density at radius 1 is 1.04 bits per heavy atom. The molecule has 0 aliphatic heterocycles. The van der Waals surface area contributed by atoms with E-state index in [4.69, 9.17) is 0 Å². The van der Waals surface area contributed by atoms with Crippen molar-refractivity contribution in [3.8, 4) is 0 Å². The summed E-state index contributed by atoms with van der Waals surface area (Å²) in [5.74, 6) is -0.365. The van der Waals surface area contributed by atoms with Gasteiger partial charge in [0.1, 0.15) is 0 Å². The van der Waals surface area contributed by atoms with Gasteiger partial charge in [0.05, 0.1) is 16.2 Å². The average molecular weight is 345 g/mol. The summed E-state index contributed by atoms with van der Waals surface area (Å²) < 4.78 is 24.8. The zero-order valence-electron chi connectivity index (χ0n) is 14.3. The van der Waals surface area contributed by atoms with E-state index in [0.717, 1.165) is 23.2 Å². The number of carbonyl (C=O) groups is 1. The number of anilines is 1. The maximum Gasteiger partial charge on any atom is 0.257 e. The normalized spacial score (nSPS) is 11.3. The van der Waals surface area contributed by atoms with Crippen LogP contribution < -0.4 is 5.32 Å². The van der Waals surface area contributed by atoms with Gasteiger partial charge in [-0.05, 0) is 43.0 Å². The Morgan fingerprint density at radius 2 is 1.75 bits per heavy atom. The van der Waals surface area contributed by atoms with Crippen LogP contribution in [0.5, 0.6) is 0 Å². The van der Waals surface area contributed by atoms with Gasteiger partial charge >= 0.3 is 0 Å². The molecule has 0 aliphatic carbocycles. The molecule has 0 heterocycles. The molecule has 0 saturated carbocycles. The van der Waals surface area contributed by atoms with Crippen molar-refractivity contribution >= 4 is 21.4 Å². The molecule has 5 heteroatoms. The van der Waals surface area contributed by atoms with E-state index in [9.17, 15) is 13.2 Å². The van der Waals surface area contributed by atoms with Crippen LogP contribution in [0.25, 0.3) is 0 Å². The standard InChI is InChI=1S/C19H23NO3S/c1-4-13-24(22,23)17-12-7-6-11-16(17)19(21)20-18-14(3)9-8-10-15(18)5-2/h6-12H,4-5,13H2,1-3H3,(H,20,21). The number of hydrogen-bond donors (Lipinski definition) is 1.